The van der Waals surface area contributed by atoms with Crippen molar-refractivity contribution < 1.29 is 14.6 Å². The summed E-state index contributed by atoms with van der Waals surface area (Å²) >= 11 is 5.79. The summed E-state index contributed by atoms with van der Waals surface area (Å²) in [5.74, 6) is -1.03. The van der Waals surface area contributed by atoms with Crippen molar-refractivity contribution in [3.05, 3.63) is 97.8 Å². The van der Waals surface area contributed by atoms with Gasteiger partial charge in [-0.2, -0.15) is 0 Å². The topological polar surface area (TPSA) is 156 Å². The molecule has 13 heteroatoms. The summed E-state index contributed by atoms with van der Waals surface area (Å²) in [6, 6.07) is 16.7. The highest BCUT2D eigenvalue weighted by Gasteiger charge is 2.28. The third-order valence-corrected chi connectivity index (χ3v) is 5.63. The van der Waals surface area contributed by atoms with E-state index in [4.69, 9.17) is 11.6 Å². The number of halogens is 1. The minimum atomic E-state index is -0.786. The number of hydrogen-bond acceptors (Lipinski definition) is 9. The molecule has 0 radical (unpaired) electrons. The summed E-state index contributed by atoms with van der Waals surface area (Å²) in [7, 11) is 0. The molecule has 0 unspecified atom stereocenters. The number of carbonyl (C=O) groups is 1. The Morgan fingerprint density at radius 2 is 1.78 bits per heavy atom. The molecule has 0 spiro atoms. The monoisotopic (exact) mass is 507 g/mol. The first-order valence-electron chi connectivity index (χ1n) is 10.6. The maximum atomic E-state index is 12.6. The number of nitro groups is 2. The van der Waals surface area contributed by atoms with E-state index in [1.165, 1.54) is 12.1 Å². The third kappa shape index (κ3) is 4.70. The van der Waals surface area contributed by atoms with Crippen molar-refractivity contribution in [3.63, 3.8) is 0 Å². The van der Waals surface area contributed by atoms with Gasteiger partial charge < -0.3 is 4.90 Å². The number of aromatic nitrogens is 2. The van der Waals surface area contributed by atoms with E-state index in [0.717, 1.165) is 23.2 Å². The van der Waals surface area contributed by atoms with Crippen LogP contribution in [0.3, 0.4) is 0 Å². The van der Waals surface area contributed by atoms with Crippen LogP contribution in [-0.4, -0.2) is 32.3 Å². The number of nitro benzene ring substituents is 1. The summed E-state index contributed by atoms with van der Waals surface area (Å²) in [5, 5.41) is 24.9. The lowest BCUT2D eigenvalue weighted by molar-refractivity contribution is -0.384. The molecule has 0 saturated heterocycles. The Morgan fingerprint density at radius 1 is 1.03 bits per heavy atom. The van der Waals surface area contributed by atoms with Crippen LogP contribution in [0.4, 0.5) is 28.7 Å². The number of nitrogens with one attached hydrogen (secondary N) is 2. The van der Waals surface area contributed by atoms with Gasteiger partial charge in [0.1, 0.15) is 11.3 Å². The normalized spacial score (nSPS) is 10.6. The second-order valence-electron chi connectivity index (χ2n) is 7.40. The molecule has 0 atom stereocenters. The zero-order chi connectivity index (χ0) is 25.8. The highest BCUT2D eigenvalue weighted by molar-refractivity contribution is 6.32. The molecule has 3 aromatic carbocycles. The lowest BCUT2D eigenvalue weighted by Crippen LogP contribution is -2.30. The van der Waals surface area contributed by atoms with Crippen molar-refractivity contribution >= 4 is 57.0 Å². The van der Waals surface area contributed by atoms with Gasteiger partial charge in [0.15, 0.2) is 0 Å². The van der Waals surface area contributed by atoms with Crippen LogP contribution in [0.2, 0.25) is 5.02 Å². The maximum Gasteiger partial charge on any atom is 0.355 e. The van der Waals surface area contributed by atoms with Crippen molar-refractivity contribution in [1.82, 2.24) is 15.4 Å². The van der Waals surface area contributed by atoms with Gasteiger partial charge in [0, 0.05) is 23.6 Å². The van der Waals surface area contributed by atoms with E-state index < -0.39 is 27.1 Å². The fourth-order valence-electron chi connectivity index (χ4n) is 3.69. The molecular formula is C23H18ClN7O5. The second kappa shape index (κ2) is 10.2. The Bertz CT molecular complexity index is 1490. The lowest BCUT2D eigenvalue weighted by Gasteiger charge is -2.24. The molecule has 0 bridgehead atoms. The molecule has 0 aliphatic carbocycles. The van der Waals surface area contributed by atoms with Crippen LogP contribution in [0.25, 0.3) is 10.8 Å². The largest absolute Gasteiger partial charge is 0.355 e. The summed E-state index contributed by atoms with van der Waals surface area (Å²) in [4.78, 5) is 44.2. The predicted octanol–water partition coefficient (Wildman–Crippen LogP) is 5.01. The van der Waals surface area contributed by atoms with Crippen LogP contribution >= 0.6 is 11.6 Å². The molecule has 182 valence electrons. The second-order valence-corrected chi connectivity index (χ2v) is 7.80. The Morgan fingerprint density at radius 3 is 2.50 bits per heavy atom. The molecule has 36 heavy (non-hydrogen) atoms. The average Bonchev–Trinajstić information content (AvgIpc) is 2.87. The van der Waals surface area contributed by atoms with Gasteiger partial charge in [0.05, 0.1) is 15.5 Å². The molecule has 12 nitrogen and oxygen atoms in total. The molecule has 0 fully saturated rings. The van der Waals surface area contributed by atoms with E-state index in [1.807, 2.05) is 49.4 Å². The molecule has 2 N–H and O–H groups in total. The van der Waals surface area contributed by atoms with Crippen molar-refractivity contribution in [2.75, 3.05) is 16.9 Å². The third-order valence-electron chi connectivity index (χ3n) is 5.31. The number of fused-ring (bicyclic) bond motifs is 1. The van der Waals surface area contributed by atoms with E-state index in [1.54, 1.807) is 4.90 Å². The highest BCUT2D eigenvalue weighted by Crippen LogP contribution is 2.38. The van der Waals surface area contributed by atoms with Gasteiger partial charge in [-0.1, -0.05) is 48.0 Å². The SMILES string of the molecule is CCN(c1ncnc(NNC(=O)c2ccc(Cl)c([N+](=O)[O-])c2)c1[N+](=O)[O-])c1cccc2ccccc12. The summed E-state index contributed by atoms with van der Waals surface area (Å²) in [5.41, 5.74) is 4.44. The van der Waals surface area contributed by atoms with Crippen LogP contribution in [0.1, 0.15) is 17.3 Å². The van der Waals surface area contributed by atoms with Gasteiger partial charge in [-0.25, -0.2) is 9.97 Å². The van der Waals surface area contributed by atoms with Crippen LogP contribution in [0, 0.1) is 20.2 Å². The number of hydrogen-bond donors (Lipinski definition) is 2. The first-order valence-corrected chi connectivity index (χ1v) is 10.9. The molecule has 0 saturated carbocycles. The number of amides is 1. The summed E-state index contributed by atoms with van der Waals surface area (Å²) < 4.78 is 0. The van der Waals surface area contributed by atoms with Gasteiger partial charge in [-0.15, -0.1) is 0 Å². The summed E-state index contributed by atoms with van der Waals surface area (Å²) in [6.45, 7) is 2.18. The van der Waals surface area contributed by atoms with Gasteiger partial charge in [0.25, 0.3) is 11.6 Å². The highest BCUT2D eigenvalue weighted by atomic mass is 35.5. The fourth-order valence-corrected chi connectivity index (χ4v) is 3.87. The molecule has 0 aliphatic heterocycles. The summed E-state index contributed by atoms with van der Waals surface area (Å²) in [6.07, 6.45) is 1.14. The first kappa shape index (κ1) is 24.3. The molecule has 4 rings (SSSR count). The zero-order valence-electron chi connectivity index (χ0n) is 18.7. The smallest absolute Gasteiger partial charge is 0.320 e. The Kier molecular flexibility index (Phi) is 6.88. The quantitative estimate of drug-likeness (QED) is 0.247. The molecular weight excluding hydrogens is 490 g/mol. The molecule has 1 heterocycles. The first-order chi connectivity index (χ1) is 17.3. The lowest BCUT2D eigenvalue weighted by atomic mass is 10.1. The minimum absolute atomic E-state index is 0.0210. The number of anilines is 3. The van der Waals surface area contributed by atoms with Crippen LogP contribution in [-0.2, 0) is 0 Å². The molecule has 1 aromatic heterocycles. The molecule has 0 aliphatic rings. The van der Waals surface area contributed by atoms with Crippen LogP contribution in [0.15, 0.2) is 67.0 Å². The van der Waals surface area contributed by atoms with E-state index in [0.29, 0.717) is 12.2 Å². The fraction of sp³-hybridized carbons (Fsp3) is 0.0870. The van der Waals surface area contributed by atoms with E-state index in [9.17, 15) is 25.0 Å². The number of carbonyl (C=O) groups excluding carboxylic acids is 1. The number of benzene rings is 3. The van der Waals surface area contributed by atoms with Gasteiger partial charge in [-0.05, 0) is 30.5 Å². The Balaban J connectivity index is 1.68. The standard InChI is InChI=1S/C23H18ClN7O5/c1-2-29(18-9-5-7-14-6-3-4-8-16(14)18)22-20(31(35)36)21(25-13-26-22)27-28-23(32)15-10-11-17(24)19(12-15)30(33)34/h3-13H,2H2,1H3,(H,28,32)(H,25,26,27). The number of hydrazine groups is 1. The zero-order valence-corrected chi connectivity index (χ0v) is 19.5. The van der Waals surface area contributed by atoms with Crippen molar-refractivity contribution in [2.45, 2.75) is 6.92 Å². The predicted molar refractivity (Wildman–Crippen MR) is 135 cm³/mol. The maximum absolute atomic E-state index is 12.6. The van der Waals surface area contributed by atoms with E-state index in [-0.39, 0.29) is 22.2 Å². The van der Waals surface area contributed by atoms with Crippen molar-refractivity contribution in [3.8, 4) is 0 Å². The average molecular weight is 508 g/mol. The van der Waals surface area contributed by atoms with Crippen molar-refractivity contribution in [2.24, 2.45) is 0 Å². The number of rotatable bonds is 8. The Labute approximate surface area is 208 Å². The van der Waals surface area contributed by atoms with Crippen LogP contribution in [0.5, 0.6) is 0 Å². The molecule has 1 amide bonds. The van der Waals surface area contributed by atoms with Gasteiger partial charge in [0.2, 0.25) is 11.6 Å². The number of nitrogens with zero attached hydrogens (tertiary/aromatic N) is 5. The van der Waals surface area contributed by atoms with E-state index in [2.05, 4.69) is 20.8 Å². The Hall–Kier alpha value is -4.84. The van der Waals surface area contributed by atoms with Gasteiger partial charge >= 0.3 is 5.69 Å². The minimum Gasteiger partial charge on any atom is -0.320 e. The van der Waals surface area contributed by atoms with Crippen LogP contribution < -0.4 is 15.8 Å². The van der Waals surface area contributed by atoms with Crippen molar-refractivity contribution in [1.29, 1.82) is 0 Å². The molecule has 4 aromatic rings. The van der Waals surface area contributed by atoms with E-state index >= 15 is 0 Å². The van der Waals surface area contributed by atoms with Gasteiger partial charge in [-0.3, -0.25) is 35.9 Å².